The van der Waals surface area contributed by atoms with Crippen LogP contribution in [0.3, 0.4) is 0 Å². The number of hydrogen-bond donors (Lipinski definition) is 2. The van der Waals surface area contributed by atoms with Crippen molar-refractivity contribution >= 4 is 11.7 Å². The van der Waals surface area contributed by atoms with Gasteiger partial charge in [0.25, 0.3) is 0 Å². The first-order valence-corrected chi connectivity index (χ1v) is 4.37. The van der Waals surface area contributed by atoms with Gasteiger partial charge < -0.3 is 11.1 Å². The van der Waals surface area contributed by atoms with Gasteiger partial charge in [-0.05, 0) is 24.1 Å². The van der Waals surface area contributed by atoms with Crippen molar-refractivity contribution in [3.05, 3.63) is 29.8 Å². The number of urea groups is 1. The van der Waals surface area contributed by atoms with Crippen LogP contribution in [0, 0.1) is 0 Å². The van der Waals surface area contributed by atoms with Crippen molar-refractivity contribution in [2.45, 2.75) is 19.8 Å². The van der Waals surface area contributed by atoms with E-state index in [1.807, 2.05) is 24.3 Å². The van der Waals surface area contributed by atoms with Gasteiger partial charge in [-0.25, -0.2) is 4.79 Å². The number of nitrogens with two attached hydrogens (primary N) is 1. The van der Waals surface area contributed by atoms with E-state index in [4.69, 9.17) is 5.73 Å². The molecule has 1 aromatic rings. The molecule has 13 heavy (non-hydrogen) atoms. The van der Waals surface area contributed by atoms with Crippen LogP contribution in [0.4, 0.5) is 10.5 Å². The van der Waals surface area contributed by atoms with Crippen molar-refractivity contribution in [1.29, 1.82) is 0 Å². The van der Waals surface area contributed by atoms with Gasteiger partial charge in [0.2, 0.25) is 0 Å². The summed E-state index contributed by atoms with van der Waals surface area (Å²) in [6, 6.07) is 7.19. The Bertz CT molecular complexity index is 297. The van der Waals surface area contributed by atoms with Gasteiger partial charge in [-0.1, -0.05) is 25.5 Å². The molecule has 70 valence electrons. The second-order valence-corrected chi connectivity index (χ2v) is 2.94. The number of carbonyl (C=O) groups is 1. The lowest BCUT2D eigenvalue weighted by molar-refractivity contribution is 0.259. The van der Waals surface area contributed by atoms with E-state index in [9.17, 15) is 4.79 Å². The lowest BCUT2D eigenvalue weighted by atomic mass is 10.1. The monoisotopic (exact) mass is 178 g/mol. The lowest BCUT2D eigenvalue weighted by Crippen LogP contribution is -2.19. The number of amides is 2. The molecule has 3 N–H and O–H groups in total. The Labute approximate surface area is 77.9 Å². The molecule has 1 rings (SSSR count). The van der Waals surface area contributed by atoms with Crippen LogP contribution in [-0.4, -0.2) is 6.03 Å². The quantitative estimate of drug-likeness (QED) is 0.731. The molecule has 3 nitrogen and oxygen atoms in total. The molecule has 0 heterocycles. The average Bonchev–Trinajstić information content (AvgIpc) is 2.04. The number of rotatable bonds is 3. The molecule has 0 fully saturated rings. The number of carbonyl (C=O) groups excluding carboxylic acids is 1. The molecule has 0 spiro atoms. The van der Waals surface area contributed by atoms with Crippen molar-refractivity contribution in [1.82, 2.24) is 0 Å². The molecule has 0 saturated carbocycles. The fourth-order valence-electron chi connectivity index (χ4n) is 1.24. The summed E-state index contributed by atoms with van der Waals surface area (Å²) < 4.78 is 0. The van der Waals surface area contributed by atoms with Gasteiger partial charge in [0.05, 0.1) is 0 Å². The Morgan fingerprint density at radius 2 is 2.31 bits per heavy atom. The standard InChI is InChI=1S/C10H14N2O/c1-2-4-8-5-3-6-9(7-8)12-10(11)13/h3,5-7H,2,4H2,1H3,(H3,11,12,13). The normalized spacial score (nSPS) is 9.62. The highest BCUT2D eigenvalue weighted by Gasteiger charge is 1.96. The minimum Gasteiger partial charge on any atom is -0.351 e. The highest BCUT2D eigenvalue weighted by Crippen LogP contribution is 2.11. The van der Waals surface area contributed by atoms with Crippen molar-refractivity contribution in [2.75, 3.05) is 5.32 Å². The molecule has 0 radical (unpaired) electrons. The summed E-state index contributed by atoms with van der Waals surface area (Å²) in [4.78, 5) is 10.5. The number of primary amides is 1. The molecule has 2 amide bonds. The summed E-state index contributed by atoms with van der Waals surface area (Å²) in [5.41, 5.74) is 6.98. The third-order valence-electron chi connectivity index (χ3n) is 1.73. The topological polar surface area (TPSA) is 55.1 Å². The molecule has 0 saturated heterocycles. The first kappa shape index (κ1) is 9.58. The van der Waals surface area contributed by atoms with Crippen LogP contribution in [-0.2, 0) is 6.42 Å². The summed E-state index contributed by atoms with van der Waals surface area (Å²) in [6.45, 7) is 2.12. The zero-order valence-electron chi connectivity index (χ0n) is 7.71. The van der Waals surface area contributed by atoms with Gasteiger partial charge in [0, 0.05) is 5.69 Å². The predicted molar refractivity (Wildman–Crippen MR) is 53.6 cm³/mol. The molecule has 0 aliphatic rings. The van der Waals surface area contributed by atoms with Crippen molar-refractivity contribution < 1.29 is 4.79 Å². The fourth-order valence-corrected chi connectivity index (χ4v) is 1.24. The van der Waals surface area contributed by atoms with Crippen LogP contribution in [0.2, 0.25) is 0 Å². The minimum atomic E-state index is -0.520. The highest BCUT2D eigenvalue weighted by atomic mass is 16.2. The van der Waals surface area contributed by atoms with E-state index in [1.165, 1.54) is 5.56 Å². The summed E-state index contributed by atoms with van der Waals surface area (Å²) in [6.07, 6.45) is 2.12. The van der Waals surface area contributed by atoms with Gasteiger partial charge in [-0.2, -0.15) is 0 Å². The lowest BCUT2D eigenvalue weighted by Gasteiger charge is -2.03. The van der Waals surface area contributed by atoms with E-state index < -0.39 is 6.03 Å². The second kappa shape index (κ2) is 4.50. The van der Waals surface area contributed by atoms with E-state index in [0.29, 0.717) is 0 Å². The van der Waals surface area contributed by atoms with Crippen LogP contribution < -0.4 is 11.1 Å². The van der Waals surface area contributed by atoms with Gasteiger partial charge >= 0.3 is 6.03 Å². The van der Waals surface area contributed by atoms with Crippen molar-refractivity contribution in [3.8, 4) is 0 Å². The van der Waals surface area contributed by atoms with Crippen LogP contribution in [0.1, 0.15) is 18.9 Å². The van der Waals surface area contributed by atoms with Gasteiger partial charge in [0.15, 0.2) is 0 Å². The molecule has 0 bridgehead atoms. The molecule has 0 unspecified atom stereocenters. The van der Waals surface area contributed by atoms with Gasteiger partial charge in [-0.3, -0.25) is 0 Å². The number of anilines is 1. The summed E-state index contributed by atoms with van der Waals surface area (Å²) in [7, 11) is 0. The van der Waals surface area contributed by atoms with Gasteiger partial charge in [-0.15, -0.1) is 0 Å². The summed E-state index contributed by atoms with van der Waals surface area (Å²) in [5, 5.41) is 2.54. The average molecular weight is 178 g/mol. The first-order chi connectivity index (χ1) is 6.22. The smallest absolute Gasteiger partial charge is 0.316 e. The van der Waals surface area contributed by atoms with E-state index in [2.05, 4.69) is 12.2 Å². The third kappa shape index (κ3) is 3.15. The van der Waals surface area contributed by atoms with Crippen LogP contribution in [0.5, 0.6) is 0 Å². The van der Waals surface area contributed by atoms with Crippen molar-refractivity contribution in [2.24, 2.45) is 5.73 Å². The van der Waals surface area contributed by atoms with E-state index >= 15 is 0 Å². The van der Waals surface area contributed by atoms with E-state index in [0.717, 1.165) is 18.5 Å². The molecule has 1 aromatic carbocycles. The SMILES string of the molecule is CCCc1cccc(NC(N)=O)c1. The Morgan fingerprint density at radius 3 is 2.92 bits per heavy atom. The molecule has 0 aromatic heterocycles. The van der Waals surface area contributed by atoms with Gasteiger partial charge in [0.1, 0.15) is 0 Å². The maximum absolute atomic E-state index is 10.5. The Balaban J connectivity index is 2.73. The van der Waals surface area contributed by atoms with Crippen LogP contribution in [0.15, 0.2) is 24.3 Å². The molecule has 0 aliphatic heterocycles. The second-order valence-electron chi connectivity index (χ2n) is 2.94. The zero-order valence-corrected chi connectivity index (χ0v) is 7.71. The third-order valence-corrected chi connectivity index (χ3v) is 1.73. The molecular formula is C10H14N2O. The Kier molecular flexibility index (Phi) is 3.31. The molecule has 0 aliphatic carbocycles. The van der Waals surface area contributed by atoms with E-state index in [-0.39, 0.29) is 0 Å². The summed E-state index contributed by atoms with van der Waals surface area (Å²) >= 11 is 0. The molecule has 3 heteroatoms. The first-order valence-electron chi connectivity index (χ1n) is 4.37. The number of hydrogen-bond acceptors (Lipinski definition) is 1. The van der Waals surface area contributed by atoms with Crippen LogP contribution >= 0.6 is 0 Å². The Hall–Kier alpha value is -1.51. The largest absolute Gasteiger partial charge is 0.351 e. The molecular weight excluding hydrogens is 164 g/mol. The number of aryl methyl sites for hydroxylation is 1. The van der Waals surface area contributed by atoms with E-state index in [1.54, 1.807) is 0 Å². The maximum atomic E-state index is 10.5. The minimum absolute atomic E-state index is 0.520. The zero-order chi connectivity index (χ0) is 9.68. The number of benzene rings is 1. The van der Waals surface area contributed by atoms with Crippen molar-refractivity contribution in [3.63, 3.8) is 0 Å². The maximum Gasteiger partial charge on any atom is 0.316 e. The Morgan fingerprint density at radius 1 is 1.54 bits per heavy atom. The number of nitrogens with one attached hydrogen (secondary N) is 1. The summed E-state index contributed by atoms with van der Waals surface area (Å²) in [5.74, 6) is 0. The predicted octanol–water partition coefficient (Wildman–Crippen LogP) is 2.13. The fraction of sp³-hybridized carbons (Fsp3) is 0.300. The highest BCUT2D eigenvalue weighted by molar-refractivity contribution is 5.87. The molecule has 0 atom stereocenters. The van der Waals surface area contributed by atoms with Crippen LogP contribution in [0.25, 0.3) is 0 Å².